The highest BCUT2D eigenvalue weighted by Crippen LogP contribution is 2.48. The van der Waals surface area contributed by atoms with Crippen molar-refractivity contribution in [1.82, 2.24) is 5.06 Å². The number of benzene rings is 1. The molecule has 1 saturated carbocycles. The van der Waals surface area contributed by atoms with Crippen LogP contribution in [0.15, 0.2) is 30.3 Å². The molecule has 4 atom stereocenters. The van der Waals surface area contributed by atoms with Gasteiger partial charge in [0.2, 0.25) is 0 Å². The van der Waals surface area contributed by atoms with Gasteiger partial charge in [-0.3, -0.25) is 4.84 Å². The highest BCUT2D eigenvalue weighted by atomic mass is 28.4. The van der Waals surface area contributed by atoms with E-state index < -0.39 is 14.4 Å². The zero-order valence-corrected chi connectivity index (χ0v) is 21.0. The number of hydrogen-bond donors (Lipinski definition) is 1. The Bertz CT molecular complexity index is 729. The summed E-state index contributed by atoms with van der Waals surface area (Å²) >= 11 is 0. The average molecular weight is 448 g/mol. The van der Waals surface area contributed by atoms with Crippen molar-refractivity contribution in [1.29, 1.82) is 0 Å². The molecule has 3 aliphatic rings. The van der Waals surface area contributed by atoms with E-state index >= 15 is 0 Å². The van der Waals surface area contributed by atoms with E-state index in [1.165, 1.54) is 12.0 Å². The number of nitrogens with zero attached hydrogens (tertiary/aromatic N) is 1. The third kappa shape index (κ3) is 4.66. The quantitative estimate of drug-likeness (QED) is 0.651. The minimum Gasteiger partial charge on any atom is -0.414 e. The molecule has 5 nitrogen and oxygen atoms in total. The first-order valence-electron chi connectivity index (χ1n) is 12.1. The largest absolute Gasteiger partial charge is 0.414 e. The molecule has 174 valence electrons. The molecule has 0 unspecified atom stereocenters. The molecule has 1 aromatic carbocycles. The Labute approximate surface area is 189 Å². The first-order valence-corrected chi connectivity index (χ1v) is 15.0. The second-order valence-electron chi connectivity index (χ2n) is 11.3. The highest BCUT2D eigenvalue weighted by Gasteiger charge is 2.58. The van der Waals surface area contributed by atoms with Crippen molar-refractivity contribution < 1.29 is 19.1 Å². The summed E-state index contributed by atoms with van der Waals surface area (Å²) < 4.78 is 13.6. The molecule has 0 aromatic heterocycles. The van der Waals surface area contributed by atoms with E-state index in [4.69, 9.17) is 14.0 Å². The van der Waals surface area contributed by atoms with Crippen LogP contribution >= 0.6 is 0 Å². The zero-order valence-electron chi connectivity index (χ0n) is 20.0. The van der Waals surface area contributed by atoms with Crippen LogP contribution in [0.1, 0.15) is 58.4 Å². The molecular formula is C25H41NO4Si. The van der Waals surface area contributed by atoms with Gasteiger partial charge in [-0.2, -0.15) is 5.06 Å². The number of aliphatic hydroxyl groups is 1. The van der Waals surface area contributed by atoms with Gasteiger partial charge in [-0.05, 0) is 36.5 Å². The maximum absolute atomic E-state index is 11.6. The van der Waals surface area contributed by atoms with E-state index in [0.717, 1.165) is 25.7 Å². The van der Waals surface area contributed by atoms with Crippen LogP contribution < -0.4 is 0 Å². The second kappa shape index (κ2) is 8.88. The number of aliphatic hydroxyl groups excluding tert-OH is 1. The molecule has 2 heterocycles. The standard InChI is InChI=1S/C25H41NO4Si/c1-24(2,3)31(4,5)29-18-21-22-23(27)20(25(30-21)14-10-7-11-15-25)17-28-26(22)16-19-12-8-6-9-13-19/h6,8-9,12-13,20-23,27H,7,10-11,14-18H2,1-5H3/t20-,21+,22-,23-/m0/s1. The summed E-state index contributed by atoms with van der Waals surface area (Å²) in [5, 5.41) is 13.7. The zero-order chi connectivity index (χ0) is 22.3. The van der Waals surface area contributed by atoms with Crippen LogP contribution in [0.2, 0.25) is 18.1 Å². The van der Waals surface area contributed by atoms with E-state index in [9.17, 15) is 5.11 Å². The fraction of sp³-hybridized carbons (Fsp3) is 0.760. The maximum atomic E-state index is 11.6. The average Bonchev–Trinajstić information content (AvgIpc) is 2.71. The van der Waals surface area contributed by atoms with Crippen molar-refractivity contribution in [2.75, 3.05) is 13.2 Å². The van der Waals surface area contributed by atoms with Gasteiger partial charge in [0.15, 0.2) is 8.32 Å². The fourth-order valence-corrected chi connectivity index (χ4v) is 6.30. The Hall–Kier alpha value is -0.763. The lowest BCUT2D eigenvalue weighted by Crippen LogP contribution is -2.71. The van der Waals surface area contributed by atoms with E-state index in [0.29, 0.717) is 19.8 Å². The van der Waals surface area contributed by atoms with Gasteiger partial charge in [0.25, 0.3) is 0 Å². The Morgan fingerprint density at radius 1 is 1.13 bits per heavy atom. The van der Waals surface area contributed by atoms with Crippen LogP contribution in [0.4, 0.5) is 0 Å². The Balaban J connectivity index is 1.58. The Morgan fingerprint density at radius 2 is 1.81 bits per heavy atom. The fourth-order valence-electron chi connectivity index (χ4n) is 5.29. The lowest BCUT2D eigenvalue weighted by atomic mass is 9.69. The molecule has 2 bridgehead atoms. The normalized spacial score (nSPS) is 31.7. The van der Waals surface area contributed by atoms with Crippen molar-refractivity contribution in [3.05, 3.63) is 35.9 Å². The molecule has 0 amide bonds. The summed E-state index contributed by atoms with van der Waals surface area (Å²) in [4.78, 5) is 6.33. The van der Waals surface area contributed by atoms with Crippen LogP contribution in [0.3, 0.4) is 0 Å². The van der Waals surface area contributed by atoms with Gasteiger partial charge in [0, 0.05) is 12.5 Å². The van der Waals surface area contributed by atoms with Crippen LogP contribution in [0.25, 0.3) is 0 Å². The molecule has 6 heteroatoms. The minimum absolute atomic E-state index is 0.0361. The smallest absolute Gasteiger partial charge is 0.192 e. The van der Waals surface area contributed by atoms with Gasteiger partial charge >= 0.3 is 0 Å². The van der Waals surface area contributed by atoms with Gasteiger partial charge in [0.05, 0.1) is 31.0 Å². The molecular weight excluding hydrogens is 406 g/mol. The van der Waals surface area contributed by atoms with E-state index in [2.05, 4.69) is 46.0 Å². The SMILES string of the molecule is CC(C)(C)[Si](C)(C)OC[C@H]1OC2(CCCCC2)[C@H]2CON(Cc3ccccc3)[C@@H]1[C@H]2O. The summed E-state index contributed by atoms with van der Waals surface area (Å²) in [6.45, 7) is 13.0. The van der Waals surface area contributed by atoms with Gasteiger partial charge in [0.1, 0.15) is 6.10 Å². The molecule has 1 aliphatic carbocycles. The van der Waals surface area contributed by atoms with Crippen LogP contribution in [-0.2, 0) is 20.5 Å². The summed E-state index contributed by atoms with van der Waals surface area (Å²) in [6, 6.07) is 10.1. The Kier molecular flexibility index (Phi) is 6.70. The first-order chi connectivity index (χ1) is 14.6. The van der Waals surface area contributed by atoms with Crippen molar-refractivity contribution in [3.8, 4) is 0 Å². The third-order valence-corrected chi connectivity index (χ3v) is 12.8. The molecule has 31 heavy (non-hydrogen) atoms. The van der Waals surface area contributed by atoms with E-state index in [1.807, 2.05) is 23.3 Å². The van der Waals surface area contributed by atoms with Crippen LogP contribution in [-0.4, -0.2) is 55.6 Å². The number of fused-ring (bicyclic) bond motifs is 3. The topological polar surface area (TPSA) is 51.2 Å². The predicted octanol–water partition coefficient (Wildman–Crippen LogP) is 4.90. The van der Waals surface area contributed by atoms with Gasteiger partial charge in [-0.15, -0.1) is 0 Å². The van der Waals surface area contributed by atoms with Gasteiger partial charge in [-0.25, -0.2) is 0 Å². The highest BCUT2D eigenvalue weighted by molar-refractivity contribution is 6.74. The predicted molar refractivity (Wildman–Crippen MR) is 125 cm³/mol. The number of hydrogen-bond acceptors (Lipinski definition) is 5. The molecule has 2 aliphatic heterocycles. The molecule has 1 spiro atoms. The molecule has 2 saturated heterocycles. The third-order valence-electron chi connectivity index (χ3n) is 8.25. The maximum Gasteiger partial charge on any atom is 0.192 e. The lowest BCUT2D eigenvalue weighted by Gasteiger charge is -2.59. The molecule has 1 N–H and O–H groups in total. The molecule has 4 rings (SSSR count). The van der Waals surface area contributed by atoms with E-state index in [-0.39, 0.29) is 28.7 Å². The van der Waals surface area contributed by atoms with Crippen LogP contribution in [0.5, 0.6) is 0 Å². The molecule has 3 fully saturated rings. The van der Waals surface area contributed by atoms with Crippen LogP contribution in [0, 0.1) is 5.92 Å². The summed E-state index contributed by atoms with van der Waals surface area (Å²) in [7, 11) is -1.93. The van der Waals surface area contributed by atoms with Crippen molar-refractivity contribution in [2.45, 2.75) is 101 Å². The van der Waals surface area contributed by atoms with Crippen molar-refractivity contribution >= 4 is 8.32 Å². The summed E-state index contributed by atoms with van der Waals surface area (Å²) in [6.07, 6.45) is 4.96. The van der Waals surface area contributed by atoms with Crippen molar-refractivity contribution in [2.24, 2.45) is 5.92 Å². The van der Waals surface area contributed by atoms with E-state index in [1.54, 1.807) is 0 Å². The number of rotatable bonds is 5. The summed E-state index contributed by atoms with van der Waals surface area (Å²) in [5.74, 6) is 0.0361. The minimum atomic E-state index is -1.93. The first kappa shape index (κ1) is 23.4. The van der Waals surface area contributed by atoms with Gasteiger partial charge < -0.3 is 14.3 Å². The molecule has 1 aromatic rings. The number of ether oxygens (including phenoxy) is 1. The Morgan fingerprint density at radius 3 is 2.45 bits per heavy atom. The van der Waals surface area contributed by atoms with Gasteiger partial charge in [-0.1, -0.05) is 70.4 Å². The second-order valence-corrected chi connectivity index (χ2v) is 16.1. The number of hydroxylamine groups is 2. The molecule has 0 radical (unpaired) electrons. The van der Waals surface area contributed by atoms with Crippen molar-refractivity contribution in [3.63, 3.8) is 0 Å². The lowest BCUT2D eigenvalue weighted by molar-refractivity contribution is -0.359. The monoisotopic (exact) mass is 447 g/mol. The summed E-state index contributed by atoms with van der Waals surface area (Å²) in [5.41, 5.74) is 0.907.